The molecule has 1 aromatic heterocycles. The van der Waals surface area contributed by atoms with Crippen molar-refractivity contribution < 1.29 is 26.7 Å². The van der Waals surface area contributed by atoms with E-state index in [-0.39, 0.29) is 39.1 Å². The Morgan fingerprint density at radius 2 is 1.93 bits per heavy atom. The molecule has 0 radical (unpaired) electrons. The summed E-state index contributed by atoms with van der Waals surface area (Å²) in [6, 6.07) is 6.69. The summed E-state index contributed by atoms with van der Waals surface area (Å²) < 4.78 is 62.1. The van der Waals surface area contributed by atoms with Crippen LogP contribution < -0.4 is 20.7 Å². The van der Waals surface area contributed by atoms with Crippen molar-refractivity contribution in [2.45, 2.75) is 42.8 Å². The van der Waals surface area contributed by atoms with E-state index in [2.05, 4.69) is 35.4 Å². The van der Waals surface area contributed by atoms with E-state index >= 15 is 4.39 Å². The van der Waals surface area contributed by atoms with Gasteiger partial charge in [-0.1, -0.05) is 11.6 Å². The summed E-state index contributed by atoms with van der Waals surface area (Å²) in [4.78, 5) is 24.8. The molecule has 0 bridgehead atoms. The van der Waals surface area contributed by atoms with Crippen molar-refractivity contribution in [1.82, 2.24) is 20.6 Å². The maximum absolute atomic E-state index is 16.0. The molecule has 2 aliphatic rings. The highest BCUT2D eigenvalue weighted by atomic mass is 35.5. The highest BCUT2D eigenvalue weighted by molar-refractivity contribution is 7.92. The van der Waals surface area contributed by atoms with Gasteiger partial charge in [0.15, 0.2) is 5.82 Å². The van der Waals surface area contributed by atoms with Gasteiger partial charge in [0.2, 0.25) is 5.95 Å². The molecule has 4 N–H and O–H groups in total. The molecule has 11 nitrogen and oxygen atoms in total. The lowest BCUT2D eigenvalue weighted by Gasteiger charge is -2.21. The van der Waals surface area contributed by atoms with Gasteiger partial charge in [0.05, 0.1) is 29.4 Å². The molecule has 1 aliphatic heterocycles. The lowest BCUT2D eigenvalue weighted by Crippen LogP contribution is -2.37. The fraction of sp³-hybridized carbons (Fsp3) is 0.333. The van der Waals surface area contributed by atoms with Gasteiger partial charge in [-0.15, -0.1) is 0 Å². The first kappa shape index (κ1) is 29.5. The summed E-state index contributed by atoms with van der Waals surface area (Å²) in [5, 5.41) is 9.15. The van der Waals surface area contributed by atoms with Crippen LogP contribution in [0.5, 0.6) is 0 Å². The smallest absolute Gasteiger partial charge is 0.407 e. The van der Waals surface area contributed by atoms with Gasteiger partial charge in [-0.05, 0) is 62.2 Å². The van der Waals surface area contributed by atoms with Crippen LogP contribution in [0, 0.1) is 17.6 Å². The number of halogens is 3. The quantitative estimate of drug-likeness (QED) is 0.258. The van der Waals surface area contributed by atoms with Gasteiger partial charge in [-0.25, -0.2) is 32.0 Å². The molecule has 42 heavy (non-hydrogen) atoms. The second-order valence-corrected chi connectivity index (χ2v) is 12.1. The summed E-state index contributed by atoms with van der Waals surface area (Å²) in [6.07, 6.45) is 2.86. The highest BCUT2D eigenvalue weighted by Crippen LogP contribution is 2.43. The van der Waals surface area contributed by atoms with Gasteiger partial charge in [0.1, 0.15) is 17.7 Å². The van der Waals surface area contributed by atoms with Crippen LogP contribution in [-0.4, -0.2) is 50.0 Å². The van der Waals surface area contributed by atoms with Crippen molar-refractivity contribution in [3.8, 4) is 0 Å². The Labute approximate surface area is 246 Å². The number of nitrogens with one attached hydrogen (secondary N) is 4. The molecule has 1 amide bonds. The molecule has 2 heterocycles. The van der Waals surface area contributed by atoms with E-state index in [4.69, 9.17) is 16.6 Å². The molecule has 3 aromatic rings. The number of ether oxygens (including phenoxy) is 1. The topological polar surface area (TPSA) is 147 Å². The van der Waals surface area contributed by atoms with Crippen LogP contribution >= 0.6 is 11.6 Å². The van der Waals surface area contributed by atoms with Crippen molar-refractivity contribution in [1.29, 1.82) is 0 Å². The molecule has 1 saturated carbocycles. The number of amides is 1. The number of benzene rings is 2. The van der Waals surface area contributed by atoms with Crippen LogP contribution in [0.3, 0.4) is 0 Å². The zero-order valence-corrected chi connectivity index (χ0v) is 24.1. The van der Waals surface area contributed by atoms with Gasteiger partial charge in [0, 0.05) is 35.3 Å². The molecule has 2 aromatic carbocycles. The highest BCUT2D eigenvalue weighted by Gasteiger charge is 2.40. The van der Waals surface area contributed by atoms with Crippen molar-refractivity contribution in [3.05, 3.63) is 76.6 Å². The van der Waals surface area contributed by atoms with Crippen LogP contribution in [0.1, 0.15) is 43.1 Å². The summed E-state index contributed by atoms with van der Waals surface area (Å²) in [6.45, 7) is 2.09. The molecule has 0 spiro atoms. The van der Waals surface area contributed by atoms with Gasteiger partial charge < -0.3 is 20.7 Å². The average Bonchev–Trinajstić information content (AvgIpc) is 3.72. The first-order valence-corrected chi connectivity index (χ1v) is 14.9. The standard InChI is InChI=1S/C27H28ClF2N7O4S/c1-14(33-27(38)41-2)13-32-26-31-10-9-20(34-26)24-23(35-25(36-24)15-3-4-15)19-11-16(28)12-21(22(19)30)37-42(39,40)18-7-5-17(29)6-8-18/h5-12,14-15,23-24,37H,3-4,13H2,1-2H3,(H,33,38)(H,35,36)(H,31,32,34)/t14-,23?,24?/m0/s1. The number of amidine groups is 1. The number of anilines is 2. The first-order valence-electron chi connectivity index (χ1n) is 13.1. The summed E-state index contributed by atoms with van der Waals surface area (Å²) >= 11 is 6.35. The number of rotatable bonds is 10. The number of nitrogens with zero attached hydrogens (tertiary/aromatic N) is 3. The maximum Gasteiger partial charge on any atom is 0.407 e. The lowest BCUT2D eigenvalue weighted by molar-refractivity contribution is 0.168. The zero-order chi connectivity index (χ0) is 30.0. The minimum atomic E-state index is -4.25. The minimum Gasteiger partial charge on any atom is -0.453 e. The molecule has 15 heteroatoms. The van der Waals surface area contributed by atoms with Crippen LogP contribution in [0.4, 0.5) is 25.2 Å². The van der Waals surface area contributed by atoms with Gasteiger partial charge in [0.25, 0.3) is 10.0 Å². The minimum absolute atomic E-state index is 0.0662. The zero-order valence-electron chi connectivity index (χ0n) is 22.6. The normalized spacial score (nSPS) is 18.9. The van der Waals surface area contributed by atoms with E-state index in [0.717, 1.165) is 37.1 Å². The Hall–Kier alpha value is -4.04. The van der Waals surface area contributed by atoms with Crippen LogP contribution in [0.15, 0.2) is 58.5 Å². The second-order valence-electron chi connectivity index (χ2n) is 9.99. The predicted molar refractivity (Wildman–Crippen MR) is 153 cm³/mol. The monoisotopic (exact) mass is 619 g/mol. The van der Waals surface area contributed by atoms with E-state index in [0.29, 0.717) is 18.1 Å². The Bertz CT molecular complexity index is 1620. The lowest BCUT2D eigenvalue weighted by atomic mass is 9.97. The Kier molecular flexibility index (Phi) is 8.45. The third-order valence-corrected chi connectivity index (χ3v) is 8.33. The van der Waals surface area contributed by atoms with Crippen molar-refractivity contribution in [3.63, 3.8) is 0 Å². The molecular weight excluding hydrogens is 592 g/mol. The summed E-state index contributed by atoms with van der Waals surface area (Å²) in [5.74, 6) is -0.254. The van der Waals surface area contributed by atoms with E-state index in [1.54, 1.807) is 19.2 Å². The average molecular weight is 620 g/mol. The number of carbonyl (C=O) groups is 1. The molecule has 1 fully saturated rings. The van der Waals surface area contributed by atoms with E-state index in [1.165, 1.54) is 19.2 Å². The Morgan fingerprint density at radius 1 is 1.19 bits per heavy atom. The molecule has 2 unspecified atom stereocenters. The number of aromatic nitrogens is 2. The molecule has 0 saturated heterocycles. The number of hydrogen-bond donors (Lipinski definition) is 4. The Morgan fingerprint density at radius 3 is 2.62 bits per heavy atom. The molecule has 3 atom stereocenters. The van der Waals surface area contributed by atoms with Crippen molar-refractivity contribution in [2.75, 3.05) is 23.7 Å². The number of methoxy groups -OCH3 is 1. The van der Waals surface area contributed by atoms with Gasteiger partial charge in [-0.2, -0.15) is 0 Å². The fourth-order valence-corrected chi connectivity index (χ4v) is 5.75. The van der Waals surface area contributed by atoms with Crippen LogP contribution in [0.2, 0.25) is 5.02 Å². The largest absolute Gasteiger partial charge is 0.453 e. The first-order chi connectivity index (χ1) is 20.0. The van der Waals surface area contributed by atoms with Crippen LogP contribution in [0.25, 0.3) is 0 Å². The third kappa shape index (κ3) is 6.71. The van der Waals surface area contributed by atoms with Crippen molar-refractivity contribution in [2.24, 2.45) is 10.9 Å². The third-order valence-electron chi connectivity index (χ3n) is 6.73. The van der Waals surface area contributed by atoms with E-state index in [9.17, 15) is 17.6 Å². The van der Waals surface area contributed by atoms with E-state index in [1.807, 2.05) is 0 Å². The molecule has 222 valence electrons. The predicted octanol–water partition coefficient (Wildman–Crippen LogP) is 4.56. The van der Waals surface area contributed by atoms with Crippen molar-refractivity contribution >= 4 is 45.2 Å². The Balaban J connectivity index is 1.43. The maximum atomic E-state index is 16.0. The molecule has 1 aliphatic carbocycles. The number of sulfonamides is 1. The van der Waals surface area contributed by atoms with E-state index < -0.39 is 39.8 Å². The second kappa shape index (κ2) is 12.1. The SMILES string of the molecule is COC(=O)N[C@@H](C)CNc1nccc(C2NC(C3CC3)=NC2c2cc(Cl)cc(NS(=O)(=O)c3ccc(F)cc3)c2F)n1. The number of hydrogen-bond acceptors (Lipinski definition) is 9. The molecular formula is C27H28ClF2N7O4S. The summed E-state index contributed by atoms with van der Waals surface area (Å²) in [5.41, 5.74) is 0.211. The number of alkyl carbamates (subject to hydrolysis) is 1. The fourth-order valence-electron chi connectivity index (χ4n) is 4.47. The van der Waals surface area contributed by atoms with Crippen LogP contribution in [-0.2, 0) is 14.8 Å². The van der Waals surface area contributed by atoms with Gasteiger partial charge >= 0.3 is 6.09 Å². The van der Waals surface area contributed by atoms with Gasteiger partial charge in [-0.3, -0.25) is 9.71 Å². The number of aliphatic imine (C=N–C) groups is 1. The number of carbonyl (C=O) groups excluding carboxylic acids is 1. The molecule has 5 rings (SSSR count). The summed E-state index contributed by atoms with van der Waals surface area (Å²) in [7, 11) is -2.97.